The van der Waals surface area contributed by atoms with Crippen LogP contribution in [-0.2, 0) is 19.4 Å². The standard InChI is InChI=1S/C14H10Cl4O4/c15-13(16)7-3-1-5-9(13)11(19)21-22-12(20)10-6-2-4-8-14(10,17)18/h1-10H. The fourth-order valence-corrected chi connectivity index (χ4v) is 2.78. The predicted molar refractivity (Wildman–Crippen MR) is 84.6 cm³/mol. The Morgan fingerprint density at radius 2 is 1.09 bits per heavy atom. The second kappa shape index (κ2) is 6.67. The minimum Gasteiger partial charge on any atom is -0.247 e. The molecule has 0 aromatic rings. The summed E-state index contributed by atoms with van der Waals surface area (Å²) in [5.74, 6) is -3.84. The number of rotatable bonds is 2. The summed E-state index contributed by atoms with van der Waals surface area (Å²) in [6, 6.07) is 0. The van der Waals surface area contributed by atoms with Gasteiger partial charge in [-0.15, -0.1) is 0 Å². The number of hydrogen-bond donors (Lipinski definition) is 0. The molecule has 8 heteroatoms. The molecule has 2 atom stereocenters. The van der Waals surface area contributed by atoms with E-state index in [1.807, 2.05) is 0 Å². The van der Waals surface area contributed by atoms with Crippen LogP contribution >= 0.6 is 46.4 Å². The molecule has 0 heterocycles. The van der Waals surface area contributed by atoms with Crippen LogP contribution in [0.25, 0.3) is 0 Å². The molecule has 0 amide bonds. The molecule has 0 aliphatic heterocycles. The van der Waals surface area contributed by atoms with E-state index in [2.05, 4.69) is 9.78 Å². The van der Waals surface area contributed by atoms with Gasteiger partial charge in [0.15, 0.2) is 8.67 Å². The normalized spacial score (nSPS) is 27.5. The average molecular weight is 384 g/mol. The summed E-state index contributed by atoms with van der Waals surface area (Å²) >= 11 is 23.9. The van der Waals surface area contributed by atoms with Gasteiger partial charge in [-0.05, 0) is 12.2 Å². The van der Waals surface area contributed by atoms with Crippen molar-refractivity contribution < 1.29 is 19.4 Å². The molecule has 2 aliphatic carbocycles. The monoisotopic (exact) mass is 382 g/mol. The molecule has 0 N–H and O–H groups in total. The summed E-state index contributed by atoms with van der Waals surface area (Å²) in [6.45, 7) is 0. The molecule has 0 spiro atoms. The van der Waals surface area contributed by atoms with Crippen LogP contribution in [0.5, 0.6) is 0 Å². The van der Waals surface area contributed by atoms with Crippen LogP contribution in [0, 0.1) is 11.8 Å². The van der Waals surface area contributed by atoms with E-state index in [9.17, 15) is 9.59 Å². The fourth-order valence-electron chi connectivity index (χ4n) is 1.84. The van der Waals surface area contributed by atoms with Crippen LogP contribution in [0.2, 0.25) is 0 Å². The Kier molecular flexibility index (Phi) is 5.28. The Labute approximate surface area is 146 Å². The maximum atomic E-state index is 11.9. The van der Waals surface area contributed by atoms with Crippen LogP contribution in [0.1, 0.15) is 0 Å². The summed E-state index contributed by atoms with van der Waals surface area (Å²) < 4.78 is -2.96. The quantitative estimate of drug-likeness (QED) is 0.413. The maximum Gasteiger partial charge on any atom is 0.365 e. The smallest absolute Gasteiger partial charge is 0.247 e. The van der Waals surface area contributed by atoms with E-state index in [1.54, 1.807) is 24.3 Å². The van der Waals surface area contributed by atoms with Gasteiger partial charge in [0, 0.05) is 0 Å². The lowest BCUT2D eigenvalue weighted by Crippen LogP contribution is -2.35. The van der Waals surface area contributed by atoms with Crippen molar-refractivity contribution in [3.63, 3.8) is 0 Å². The van der Waals surface area contributed by atoms with Crippen LogP contribution in [0.15, 0.2) is 48.6 Å². The first-order valence-electron chi connectivity index (χ1n) is 6.14. The first-order chi connectivity index (χ1) is 10.2. The third kappa shape index (κ3) is 3.87. The molecule has 22 heavy (non-hydrogen) atoms. The molecule has 0 saturated carbocycles. The van der Waals surface area contributed by atoms with E-state index >= 15 is 0 Å². The van der Waals surface area contributed by atoms with Crippen molar-refractivity contribution in [1.29, 1.82) is 0 Å². The third-order valence-corrected chi connectivity index (χ3v) is 4.45. The zero-order valence-corrected chi connectivity index (χ0v) is 13.9. The van der Waals surface area contributed by atoms with Crippen molar-refractivity contribution in [1.82, 2.24) is 0 Å². The third-order valence-electron chi connectivity index (χ3n) is 3.01. The lowest BCUT2D eigenvalue weighted by atomic mass is 10.00. The van der Waals surface area contributed by atoms with Crippen molar-refractivity contribution in [3.05, 3.63) is 48.6 Å². The molecule has 4 nitrogen and oxygen atoms in total. The summed E-state index contributed by atoms with van der Waals surface area (Å²) in [5, 5.41) is 0. The number of allylic oxidation sites excluding steroid dienone is 6. The molecule has 2 rings (SSSR count). The Morgan fingerprint density at radius 1 is 0.727 bits per heavy atom. The van der Waals surface area contributed by atoms with Crippen LogP contribution < -0.4 is 0 Å². The molecule has 0 saturated heterocycles. The highest BCUT2D eigenvalue weighted by Crippen LogP contribution is 2.38. The summed E-state index contributed by atoms with van der Waals surface area (Å²) in [5.41, 5.74) is 0. The number of halogens is 4. The van der Waals surface area contributed by atoms with E-state index in [0.29, 0.717) is 0 Å². The van der Waals surface area contributed by atoms with Crippen molar-refractivity contribution in [2.75, 3.05) is 0 Å². The van der Waals surface area contributed by atoms with Gasteiger partial charge < -0.3 is 0 Å². The zero-order valence-electron chi connectivity index (χ0n) is 10.9. The first-order valence-corrected chi connectivity index (χ1v) is 7.65. The van der Waals surface area contributed by atoms with E-state index in [1.165, 1.54) is 24.3 Å². The van der Waals surface area contributed by atoms with Gasteiger partial charge in [-0.2, -0.15) is 0 Å². The van der Waals surface area contributed by atoms with Gasteiger partial charge in [0.05, 0.1) is 0 Å². The molecule has 0 aromatic carbocycles. The number of carbonyl (C=O) groups is 2. The molecule has 0 aromatic heterocycles. The van der Waals surface area contributed by atoms with Crippen LogP contribution in [0.3, 0.4) is 0 Å². The highest BCUT2D eigenvalue weighted by molar-refractivity contribution is 6.51. The summed E-state index contributed by atoms with van der Waals surface area (Å²) in [7, 11) is 0. The molecule has 0 bridgehead atoms. The second-order valence-electron chi connectivity index (χ2n) is 4.60. The molecular weight excluding hydrogens is 374 g/mol. The Morgan fingerprint density at radius 3 is 1.41 bits per heavy atom. The SMILES string of the molecule is O=C(OOC(=O)C1C=CC=CC1(Cl)Cl)C1C=CC=CC1(Cl)Cl. The Hall–Kier alpha value is -0.940. The number of hydrogen-bond acceptors (Lipinski definition) is 4. The van der Waals surface area contributed by atoms with Crippen LogP contribution in [0.4, 0.5) is 0 Å². The van der Waals surface area contributed by atoms with Gasteiger partial charge in [-0.3, -0.25) is 0 Å². The van der Waals surface area contributed by atoms with Crippen molar-refractivity contribution >= 4 is 58.3 Å². The first kappa shape index (κ1) is 17.4. The van der Waals surface area contributed by atoms with Gasteiger partial charge in [0.2, 0.25) is 0 Å². The van der Waals surface area contributed by atoms with Crippen molar-refractivity contribution in [3.8, 4) is 0 Å². The molecule has 2 unspecified atom stereocenters. The highest BCUT2D eigenvalue weighted by Gasteiger charge is 2.42. The lowest BCUT2D eigenvalue weighted by molar-refractivity contribution is -0.263. The van der Waals surface area contributed by atoms with Crippen molar-refractivity contribution in [2.24, 2.45) is 11.8 Å². The highest BCUT2D eigenvalue weighted by atomic mass is 35.5. The van der Waals surface area contributed by atoms with E-state index in [-0.39, 0.29) is 0 Å². The molecule has 118 valence electrons. The molecule has 0 fully saturated rings. The second-order valence-corrected chi connectivity index (χ2v) is 7.49. The van der Waals surface area contributed by atoms with E-state index in [0.717, 1.165) is 0 Å². The molecular formula is C14H10Cl4O4. The summed E-state index contributed by atoms with van der Waals surface area (Å²) in [4.78, 5) is 32.8. The van der Waals surface area contributed by atoms with Crippen LogP contribution in [-0.4, -0.2) is 20.6 Å². The zero-order chi connectivity index (χ0) is 16.4. The Bertz CT molecular complexity index is 538. The van der Waals surface area contributed by atoms with Gasteiger partial charge in [-0.25, -0.2) is 19.4 Å². The fraction of sp³-hybridized carbons (Fsp3) is 0.286. The van der Waals surface area contributed by atoms with Gasteiger partial charge >= 0.3 is 11.9 Å². The van der Waals surface area contributed by atoms with Gasteiger partial charge in [0.1, 0.15) is 11.8 Å². The number of carbonyl (C=O) groups excluding carboxylic acids is 2. The van der Waals surface area contributed by atoms with Crippen molar-refractivity contribution in [2.45, 2.75) is 8.67 Å². The minimum atomic E-state index is -1.48. The molecule has 2 aliphatic rings. The average Bonchev–Trinajstić information content (AvgIpc) is 2.43. The van der Waals surface area contributed by atoms with E-state index < -0.39 is 32.4 Å². The minimum absolute atomic E-state index is 0.913. The largest absolute Gasteiger partial charge is 0.365 e. The predicted octanol–water partition coefficient (Wildman–Crippen LogP) is 3.82. The Balaban J connectivity index is 1.96. The van der Waals surface area contributed by atoms with Gasteiger partial charge in [0.25, 0.3) is 0 Å². The molecule has 0 radical (unpaired) electrons. The van der Waals surface area contributed by atoms with Gasteiger partial charge in [-0.1, -0.05) is 82.9 Å². The maximum absolute atomic E-state index is 11.9. The lowest BCUT2D eigenvalue weighted by Gasteiger charge is -2.25. The van der Waals surface area contributed by atoms with E-state index in [4.69, 9.17) is 46.4 Å². The summed E-state index contributed by atoms with van der Waals surface area (Å²) in [6.07, 6.45) is 12.0. The number of alkyl halides is 4. The topological polar surface area (TPSA) is 52.6 Å².